The van der Waals surface area contributed by atoms with E-state index in [2.05, 4.69) is 16.8 Å². The van der Waals surface area contributed by atoms with E-state index in [1.54, 1.807) is 0 Å². The molecule has 0 spiro atoms. The molecule has 1 heterocycles. The molecule has 0 bridgehead atoms. The third-order valence-corrected chi connectivity index (χ3v) is 3.32. The molecule has 0 aromatic heterocycles. The van der Waals surface area contributed by atoms with Crippen LogP contribution < -0.4 is 0 Å². The van der Waals surface area contributed by atoms with Gasteiger partial charge in [-0.25, -0.2) is 0 Å². The Kier molecular flexibility index (Phi) is 7.19. The number of aliphatic carboxylic acids is 1. The van der Waals surface area contributed by atoms with Crippen molar-refractivity contribution >= 4 is 5.97 Å². The van der Waals surface area contributed by atoms with Gasteiger partial charge >= 0.3 is 5.97 Å². The molecular weight excluding hydrogens is 234 g/mol. The fourth-order valence-electron chi connectivity index (χ4n) is 2.11. The summed E-state index contributed by atoms with van der Waals surface area (Å²) in [5.74, 6) is -0.765. The zero-order chi connectivity index (χ0) is 13.4. The first-order chi connectivity index (χ1) is 8.61. The van der Waals surface area contributed by atoms with Crippen molar-refractivity contribution in [2.45, 2.75) is 6.42 Å². The highest BCUT2D eigenvalue weighted by Gasteiger charge is 2.15. The third kappa shape index (κ3) is 6.30. The van der Waals surface area contributed by atoms with E-state index in [-0.39, 0.29) is 13.2 Å². The lowest BCUT2D eigenvalue weighted by Gasteiger charge is -2.24. The van der Waals surface area contributed by atoms with Crippen LogP contribution in [0.4, 0.5) is 0 Å². The van der Waals surface area contributed by atoms with Gasteiger partial charge < -0.3 is 20.0 Å². The van der Waals surface area contributed by atoms with Gasteiger partial charge in [-0.05, 0) is 13.5 Å². The molecule has 0 aliphatic carbocycles. The van der Waals surface area contributed by atoms with Crippen molar-refractivity contribution in [1.82, 2.24) is 14.7 Å². The van der Waals surface area contributed by atoms with E-state index in [0.717, 1.165) is 52.2 Å². The smallest absolute Gasteiger partial charge is 0.317 e. The molecule has 0 aromatic carbocycles. The van der Waals surface area contributed by atoms with E-state index in [4.69, 9.17) is 10.2 Å². The van der Waals surface area contributed by atoms with Gasteiger partial charge in [0.25, 0.3) is 0 Å². The molecule has 18 heavy (non-hydrogen) atoms. The molecule has 1 saturated heterocycles. The molecule has 0 atom stereocenters. The van der Waals surface area contributed by atoms with Crippen molar-refractivity contribution in [2.24, 2.45) is 0 Å². The summed E-state index contributed by atoms with van der Waals surface area (Å²) in [6.45, 7) is 6.55. The Morgan fingerprint density at radius 3 is 2.22 bits per heavy atom. The van der Waals surface area contributed by atoms with Crippen LogP contribution in [0.5, 0.6) is 0 Å². The summed E-state index contributed by atoms with van der Waals surface area (Å²) < 4.78 is 0. The fraction of sp³-hybridized carbons (Fsp3) is 0.917. The highest BCUT2D eigenvalue weighted by molar-refractivity contribution is 5.69. The predicted octanol–water partition coefficient (Wildman–Crippen LogP) is -0.997. The standard InChI is InChI=1S/C12H25N3O3/c1-13-4-6-14(3-2-10-16)8-9-15(7-5-13)11-12(17)18/h16H,2-11H2,1H3,(H,17,18). The van der Waals surface area contributed by atoms with Gasteiger partial charge in [0.1, 0.15) is 0 Å². The zero-order valence-electron chi connectivity index (χ0n) is 11.2. The first kappa shape index (κ1) is 15.4. The monoisotopic (exact) mass is 259 g/mol. The van der Waals surface area contributed by atoms with Crippen LogP contribution >= 0.6 is 0 Å². The molecule has 0 aromatic rings. The first-order valence-electron chi connectivity index (χ1n) is 6.57. The number of aliphatic hydroxyl groups excluding tert-OH is 1. The lowest BCUT2D eigenvalue weighted by atomic mass is 10.3. The molecule has 1 aliphatic rings. The maximum absolute atomic E-state index is 10.8. The Hall–Kier alpha value is -0.690. The second-order valence-electron chi connectivity index (χ2n) is 4.89. The number of carboxylic acid groups (broad SMARTS) is 1. The van der Waals surface area contributed by atoms with Gasteiger partial charge in [0.15, 0.2) is 0 Å². The molecule has 6 nitrogen and oxygen atoms in total. The van der Waals surface area contributed by atoms with Crippen LogP contribution in [0.15, 0.2) is 0 Å². The minimum absolute atomic E-state index is 0.113. The number of carboxylic acids is 1. The Morgan fingerprint density at radius 2 is 1.61 bits per heavy atom. The van der Waals surface area contributed by atoms with Crippen molar-refractivity contribution in [3.05, 3.63) is 0 Å². The van der Waals surface area contributed by atoms with Gasteiger partial charge in [-0.1, -0.05) is 0 Å². The predicted molar refractivity (Wildman–Crippen MR) is 69.7 cm³/mol. The molecule has 106 valence electrons. The van der Waals surface area contributed by atoms with E-state index in [1.807, 2.05) is 4.90 Å². The Labute approximate surface area is 109 Å². The number of hydrogen-bond donors (Lipinski definition) is 2. The normalized spacial score (nSPS) is 21.2. The fourth-order valence-corrected chi connectivity index (χ4v) is 2.11. The summed E-state index contributed by atoms with van der Waals surface area (Å²) in [7, 11) is 2.06. The van der Waals surface area contributed by atoms with Crippen LogP contribution in [0, 0.1) is 0 Å². The second kappa shape index (κ2) is 8.42. The number of aliphatic hydroxyl groups is 1. The molecule has 6 heteroatoms. The van der Waals surface area contributed by atoms with Gasteiger partial charge in [0.05, 0.1) is 6.54 Å². The Bertz CT molecular complexity index is 251. The van der Waals surface area contributed by atoms with Gasteiger partial charge in [-0.2, -0.15) is 0 Å². The lowest BCUT2D eigenvalue weighted by Crippen LogP contribution is -2.39. The summed E-state index contributed by atoms with van der Waals surface area (Å²) in [5, 5.41) is 17.7. The van der Waals surface area contributed by atoms with Crippen molar-refractivity contribution in [3.8, 4) is 0 Å². The average molecular weight is 259 g/mol. The number of nitrogens with zero attached hydrogens (tertiary/aromatic N) is 3. The highest BCUT2D eigenvalue weighted by atomic mass is 16.4. The van der Waals surface area contributed by atoms with Crippen LogP contribution in [0.1, 0.15) is 6.42 Å². The number of hydrogen-bond acceptors (Lipinski definition) is 5. The molecule has 0 radical (unpaired) electrons. The first-order valence-corrected chi connectivity index (χ1v) is 6.57. The number of carbonyl (C=O) groups is 1. The molecule has 1 fully saturated rings. The van der Waals surface area contributed by atoms with E-state index in [0.29, 0.717) is 0 Å². The van der Waals surface area contributed by atoms with E-state index < -0.39 is 5.97 Å². The van der Waals surface area contributed by atoms with Crippen LogP contribution in [-0.4, -0.2) is 96.9 Å². The van der Waals surface area contributed by atoms with Crippen LogP contribution in [-0.2, 0) is 4.79 Å². The average Bonchev–Trinajstić information content (AvgIpc) is 2.40. The van der Waals surface area contributed by atoms with Crippen LogP contribution in [0.25, 0.3) is 0 Å². The van der Waals surface area contributed by atoms with E-state index in [1.165, 1.54) is 0 Å². The SMILES string of the molecule is CN1CCN(CCCO)CCN(CC(=O)O)CC1. The van der Waals surface area contributed by atoms with Gasteiger partial charge in [-0.3, -0.25) is 9.69 Å². The zero-order valence-corrected chi connectivity index (χ0v) is 11.2. The molecule has 2 N–H and O–H groups in total. The maximum Gasteiger partial charge on any atom is 0.317 e. The van der Waals surface area contributed by atoms with Gasteiger partial charge in [0, 0.05) is 52.4 Å². The number of likely N-dealkylation sites (N-methyl/N-ethyl adjacent to an activating group) is 1. The number of rotatable bonds is 5. The topological polar surface area (TPSA) is 67.2 Å². The van der Waals surface area contributed by atoms with Crippen molar-refractivity contribution in [1.29, 1.82) is 0 Å². The Balaban J connectivity index is 2.47. The summed E-state index contributed by atoms with van der Waals surface area (Å²) in [6.07, 6.45) is 0.780. The quantitative estimate of drug-likeness (QED) is 0.660. The summed E-state index contributed by atoms with van der Waals surface area (Å²) >= 11 is 0. The second-order valence-corrected chi connectivity index (χ2v) is 4.89. The summed E-state index contributed by atoms with van der Waals surface area (Å²) in [6, 6.07) is 0. The largest absolute Gasteiger partial charge is 0.480 e. The summed E-state index contributed by atoms with van der Waals surface area (Å²) in [4.78, 5) is 17.3. The van der Waals surface area contributed by atoms with Crippen LogP contribution in [0.3, 0.4) is 0 Å². The van der Waals surface area contributed by atoms with Gasteiger partial charge in [-0.15, -0.1) is 0 Å². The molecule has 0 unspecified atom stereocenters. The highest BCUT2D eigenvalue weighted by Crippen LogP contribution is 2.00. The molecule has 1 aliphatic heterocycles. The van der Waals surface area contributed by atoms with E-state index in [9.17, 15) is 4.79 Å². The van der Waals surface area contributed by atoms with E-state index >= 15 is 0 Å². The van der Waals surface area contributed by atoms with Crippen molar-refractivity contribution < 1.29 is 15.0 Å². The molecule has 0 saturated carbocycles. The van der Waals surface area contributed by atoms with Crippen LogP contribution in [0.2, 0.25) is 0 Å². The van der Waals surface area contributed by atoms with Crippen molar-refractivity contribution in [3.63, 3.8) is 0 Å². The minimum Gasteiger partial charge on any atom is -0.480 e. The summed E-state index contributed by atoms with van der Waals surface area (Å²) in [5.41, 5.74) is 0. The maximum atomic E-state index is 10.8. The molecule has 1 rings (SSSR count). The van der Waals surface area contributed by atoms with Gasteiger partial charge in [0.2, 0.25) is 0 Å². The Morgan fingerprint density at radius 1 is 1.06 bits per heavy atom. The third-order valence-electron chi connectivity index (χ3n) is 3.32. The molecular formula is C12H25N3O3. The van der Waals surface area contributed by atoms with Crippen molar-refractivity contribution in [2.75, 3.05) is 66.0 Å². The lowest BCUT2D eigenvalue weighted by molar-refractivity contribution is -0.138. The minimum atomic E-state index is -0.765. The molecule has 0 amide bonds.